The summed E-state index contributed by atoms with van der Waals surface area (Å²) in [5, 5.41) is 1.12. The molecule has 0 radical (unpaired) electrons. The number of anilines is 1. The number of piperazine rings is 1. The van der Waals surface area contributed by atoms with Gasteiger partial charge >= 0.3 is 0 Å². The Morgan fingerprint density at radius 2 is 1.76 bits per heavy atom. The molecule has 4 nitrogen and oxygen atoms in total. The number of benzene rings is 2. The second kappa shape index (κ2) is 6.51. The van der Waals surface area contributed by atoms with E-state index in [0.29, 0.717) is 18.7 Å². The number of nitrogens with zero attached hydrogens (tertiary/aromatic N) is 3. The number of para-hydroxylation sites is 1. The molecule has 2 heterocycles. The molecule has 3 aromatic rings. The third-order valence-electron chi connectivity index (χ3n) is 4.61. The van der Waals surface area contributed by atoms with Gasteiger partial charge in [-0.3, -0.25) is 9.78 Å². The Hall–Kier alpha value is -2.95. The molecule has 0 saturated carbocycles. The van der Waals surface area contributed by atoms with Crippen molar-refractivity contribution in [3.8, 4) is 0 Å². The number of amides is 1. The number of carbonyl (C=O) groups is 1. The zero-order chi connectivity index (χ0) is 17.2. The number of aromatic nitrogens is 1. The molecular formula is C20H18FN3O. The fourth-order valence-corrected chi connectivity index (χ4v) is 3.31. The average Bonchev–Trinajstić information content (AvgIpc) is 2.67. The molecule has 5 heteroatoms. The summed E-state index contributed by atoms with van der Waals surface area (Å²) < 4.78 is 13.3. The minimum absolute atomic E-state index is 0.112. The number of pyridine rings is 1. The van der Waals surface area contributed by atoms with E-state index in [1.807, 2.05) is 30.5 Å². The van der Waals surface area contributed by atoms with Crippen molar-refractivity contribution >= 4 is 22.5 Å². The van der Waals surface area contributed by atoms with Gasteiger partial charge in [-0.15, -0.1) is 0 Å². The number of hydrogen-bond donors (Lipinski definition) is 0. The molecule has 1 amide bonds. The molecule has 1 aliphatic heterocycles. The van der Waals surface area contributed by atoms with Crippen LogP contribution in [0.15, 0.2) is 60.8 Å². The van der Waals surface area contributed by atoms with Gasteiger partial charge in [0.05, 0.1) is 5.52 Å². The Bertz CT molecular complexity index is 914. The first-order valence-electron chi connectivity index (χ1n) is 8.36. The second-order valence-electron chi connectivity index (χ2n) is 6.14. The summed E-state index contributed by atoms with van der Waals surface area (Å²) >= 11 is 0. The average molecular weight is 335 g/mol. The summed E-state index contributed by atoms with van der Waals surface area (Å²) in [5.74, 6) is -0.494. The van der Waals surface area contributed by atoms with Crippen molar-refractivity contribution in [3.05, 3.63) is 72.2 Å². The zero-order valence-electron chi connectivity index (χ0n) is 13.7. The minimum atomic E-state index is -0.382. The van der Waals surface area contributed by atoms with Crippen LogP contribution in [0.5, 0.6) is 0 Å². The van der Waals surface area contributed by atoms with Gasteiger partial charge in [0.15, 0.2) is 0 Å². The van der Waals surface area contributed by atoms with Gasteiger partial charge in [0.1, 0.15) is 5.82 Å². The molecule has 0 unspecified atom stereocenters. The quantitative estimate of drug-likeness (QED) is 0.721. The fourth-order valence-electron chi connectivity index (χ4n) is 3.31. The molecule has 1 aromatic heterocycles. The van der Waals surface area contributed by atoms with Crippen molar-refractivity contribution in [2.24, 2.45) is 0 Å². The summed E-state index contributed by atoms with van der Waals surface area (Å²) in [6, 6.07) is 16.0. The Morgan fingerprint density at radius 3 is 2.56 bits per heavy atom. The maximum absolute atomic E-state index is 13.3. The second-order valence-corrected chi connectivity index (χ2v) is 6.14. The molecule has 0 atom stereocenters. The lowest BCUT2D eigenvalue weighted by molar-refractivity contribution is 0.0746. The Kier molecular flexibility index (Phi) is 4.06. The molecule has 1 fully saturated rings. The lowest BCUT2D eigenvalue weighted by atomic mass is 10.1. The van der Waals surface area contributed by atoms with E-state index in [4.69, 9.17) is 0 Å². The standard InChI is InChI=1S/C20H18FN3O/c21-16-5-3-4-15(14-16)20(25)24-12-10-23(11-13-24)19-8-9-22-18-7-2-1-6-17(18)19/h1-9,14H,10-13H2. The molecule has 25 heavy (non-hydrogen) atoms. The summed E-state index contributed by atoms with van der Waals surface area (Å²) in [6.45, 7) is 2.72. The van der Waals surface area contributed by atoms with E-state index < -0.39 is 0 Å². The van der Waals surface area contributed by atoms with Gasteiger partial charge in [-0.2, -0.15) is 0 Å². The molecule has 4 rings (SSSR count). The van der Waals surface area contributed by atoms with Crippen LogP contribution in [0.4, 0.5) is 10.1 Å². The van der Waals surface area contributed by atoms with Gasteiger partial charge in [0, 0.05) is 49.0 Å². The third kappa shape index (κ3) is 3.05. The molecule has 0 spiro atoms. The summed E-state index contributed by atoms with van der Waals surface area (Å²) in [5.41, 5.74) is 2.52. The summed E-state index contributed by atoms with van der Waals surface area (Å²) in [7, 11) is 0. The number of rotatable bonds is 2. The molecule has 1 saturated heterocycles. The van der Waals surface area contributed by atoms with E-state index in [1.54, 1.807) is 17.0 Å². The van der Waals surface area contributed by atoms with E-state index in [-0.39, 0.29) is 11.7 Å². The molecule has 0 bridgehead atoms. The molecule has 126 valence electrons. The van der Waals surface area contributed by atoms with E-state index in [2.05, 4.69) is 16.0 Å². The maximum atomic E-state index is 13.3. The summed E-state index contributed by atoms with van der Waals surface area (Å²) in [4.78, 5) is 21.0. The van der Waals surface area contributed by atoms with Crippen LogP contribution in [-0.4, -0.2) is 42.0 Å². The van der Waals surface area contributed by atoms with Crippen LogP contribution in [-0.2, 0) is 0 Å². The number of fused-ring (bicyclic) bond motifs is 1. The van der Waals surface area contributed by atoms with Crippen LogP contribution in [0, 0.1) is 5.82 Å². The highest BCUT2D eigenvalue weighted by Crippen LogP contribution is 2.26. The topological polar surface area (TPSA) is 36.4 Å². The van der Waals surface area contributed by atoms with Crippen LogP contribution < -0.4 is 4.90 Å². The highest BCUT2D eigenvalue weighted by molar-refractivity contribution is 5.95. The van der Waals surface area contributed by atoms with Gasteiger partial charge < -0.3 is 9.80 Å². The van der Waals surface area contributed by atoms with Crippen LogP contribution >= 0.6 is 0 Å². The Labute approximate surface area is 145 Å². The van der Waals surface area contributed by atoms with E-state index in [9.17, 15) is 9.18 Å². The van der Waals surface area contributed by atoms with Gasteiger partial charge in [-0.05, 0) is 30.3 Å². The minimum Gasteiger partial charge on any atom is -0.367 e. The molecule has 1 aliphatic rings. The fraction of sp³-hybridized carbons (Fsp3) is 0.200. The molecule has 2 aromatic carbocycles. The molecular weight excluding hydrogens is 317 g/mol. The number of hydrogen-bond acceptors (Lipinski definition) is 3. The highest BCUT2D eigenvalue weighted by atomic mass is 19.1. The zero-order valence-corrected chi connectivity index (χ0v) is 13.7. The third-order valence-corrected chi connectivity index (χ3v) is 4.61. The molecule has 0 aliphatic carbocycles. The van der Waals surface area contributed by atoms with Crippen molar-refractivity contribution in [1.82, 2.24) is 9.88 Å². The smallest absolute Gasteiger partial charge is 0.254 e. The monoisotopic (exact) mass is 335 g/mol. The van der Waals surface area contributed by atoms with Crippen LogP contribution in [0.3, 0.4) is 0 Å². The Morgan fingerprint density at radius 1 is 0.960 bits per heavy atom. The van der Waals surface area contributed by atoms with Crippen molar-refractivity contribution in [1.29, 1.82) is 0 Å². The van der Waals surface area contributed by atoms with Crippen LogP contribution in [0.2, 0.25) is 0 Å². The van der Waals surface area contributed by atoms with E-state index in [0.717, 1.165) is 29.7 Å². The van der Waals surface area contributed by atoms with Crippen molar-refractivity contribution < 1.29 is 9.18 Å². The van der Waals surface area contributed by atoms with E-state index >= 15 is 0 Å². The first kappa shape index (κ1) is 15.6. The van der Waals surface area contributed by atoms with Crippen molar-refractivity contribution in [2.75, 3.05) is 31.1 Å². The number of carbonyl (C=O) groups excluding carboxylic acids is 1. The summed E-state index contributed by atoms with van der Waals surface area (Å²) in [6.07, 6.45) is 1.82. The SMILES string of the molecule is O=C(c1cccc(F)c1)N1CCN(c2ccnc3ccccc23)CC1. The van der Waals surface area contributed by atoms with Crippen LogP contribution in [0.1, 0.15) is 10.4 Å². The van der Waals surface area contributed by atoms with Gasteiger partial charge in [-0.1, -0.05) is 24.3 Å². The lowest BCUT2D eigenvalue weighted by Crippen LogP contribution is -2.48. The predicted molar refractivity (Wildman–Crippen MR) is 96.3 cm³/mol. The Balaban J connectivity index is 1.50. The first-order valence-corrected chi connectivity index (χ1v) is 8.36. The maximum Gasteiger partial charge on any atom is 0.254 e. The van der Waals surface area contributed by atoms with Gasteiger partial charge in [0.25, 0.3) is 5.91 Å². The van der Waals surface area contributed by atoms with E-state index in [1.165, 1.54) is 12.1 Å². The van der Waals surface area contributed by atoms with Crippen LogP contribution in [0.25, 0.3) is 10.9 Å². The largest absolute Gasteiger partial charge is 0.367 e. The van der Waals surface area contributed by atoms with Crippen molar-refractivity contribution in [3.63, 3.8) is 0 Å². The first-order chi connectivity index (χ1) is 12.2. The van der Waals surface area contributed by atoms with Crippen molar-refractivity contribution in [2.45, 2.75) is 0 Å². The normalized spacial score (nSPS) is 14.8. The molecule has 0 N–H and O–H groups in total. The predicted octanol–water partition coefficient (Wildman–Crippen LogP) is 3.34. The number of halogens is 1. The highest BCUT2D eigenvalue weighted by Gasteiger charge is 2.23. The van der Waals surface area contributed by atoms with Gasteiger partial charge in [0.2, 0.25) is 0 Å². The van der Waals surface area contributed by atoms with Gasteiger partial charge in [-0.25, -0.2) is 4.39 Å². The lowest BCUT2D eigenvalue weighted by Gasteiger charge is -2.36.